The summed E-state index contributed by atoms with van der Waals surface area (Å²) in [6.07, 6.45) is 2.77. The van der Waals surface area contributed by atoms with Gasteiger partial charge in [0.2, 0.25) is 0 Å². The van der Waals surface area contributed by atoms with E-state index >= 15 is 0 Å². The second-order valence-corrected chi connectivity index (χ2v) is 6.75. The molecule has 1 amide bonds. The third-order valence-corrected chi connectivity index (χ3v) is 4.85. The number of rotatable bonds is 4. The van der Waals surface area contributed by atoms with Crippen LogP contribution in [0.15, 0.2) is 53.1 Å². The fourth-order valence-electron chi connectivity index (χ4n) is 3.58. The van der Waals surface area contributed by atoms with Crippen LogP contribution in [0.3, 0.4) is 0 Å². The van der Waals surface area contributed by atoms with E-state index in [0.717, 1.165) is 41.5 Å². The van der Waals surface area contributed by atoms with Gasteiger partial charge in [-0.2, -0.15) is 5.10 Å². The van der Waals surface area contributed by atoms with Gasteiger partial charge in [0.1, 0.15) is 11.6 Å². The molecule has 1 aromatic heterocycles. The minimum Gasteiger partial charge on any atom is -0.497 e. The number of hydrogen-bond acceptors (Lipinski definition) is 4. The molecule has 2 aromatic rings. The molecule has 0 bridgehead atoms. The Labute approximate surface area is 152 Å². The molecule has 2 aliphatic rings. The van der Waals surface area contributed by atoms with Crippen LogP contribution in [0.1, 0.15) is 20.3 Å². The van der Waals surface area contributed by atoms with E-state index in [1.54, 1.807) is 7.11 Å². The molecule has 0 atom stereocenters. The Morgan fingerprint density at radius 3 is 2.81 bits per heavy atom. The lowest BCUT2D eigenvalue weighted by atomic mass is 10.1. The summed E-state index contributed by atoms with van der Waals surface area (Å²) in [6.45, 7) is 5.64. The van der Waals surface area contributed by atoms with Crippen LogP contribution in [0.25, 0.3) is 0 Å². The van der Waals surface area contributed by atoms with Crippen molar-refractivity contribution in [1.82, 2.24) is 9.78 Å². The molecule has 0 spiro atoms. The number of carbonyl (C=O) groups is 1. The Balaban J connectivity index is 1.54. The number of ether oxygens (including phenoxy) is 1. The van der Waals surface area contributed by atoms with Crippen LogP contribution in [-0.2, 0) is 11.3 Å². The SMILES string of the molecule is COc1cccc(N2CCn3nc(NC(=O)C4=C(C)C=C(C)C4)cc32)c1. The number of nitrogens with zero attached hydrogens (tertiary/aromatic N) is 3. The van der Waals surface area contributed by atoms with Crippen molar-refractivity contribution in [2.75, 3.05) is 23.9 Å². The molecule has 1 N–H and O–H groups in total. The van der Waals surface area contributed by atoms with E-state index < -0.39 is 0 Å². The number of nitrogens with one attached hydrogen (secondary N) is 1. The summed E-state index contributed by atoms with van der Waals surface area (Å²) in [6, 6.07) is 9.87. The number of hydrogen-bond donors (Lipinski definition) is 1. The standard InChI is InChI=1S/C20H22N4O2/c1-13-9-14(2)17(10-13)20(25)21-18-12-19-23(7-8-24(19)22-18)15-5-4-6-16(11-15)26-3/h4-6,9,11-12H,7-8,10H2,1-3H3,(H,21,22,25). The maximum absolute atomic E-state index is 12.6. The van der Waals surface area contributed by atoms with Crippen LogP contribution in [0, 0.1) is 0 Å². The van der Waals surface area contributed by atoms with Crippen LogP contribution in [0.4, 0.5) is 17.3 Å². The molecule has 1 aliphatic heterocycles. The number of methoxy groups -OCH3 is 1. The number of carbonyl (C=O) groups excluding carboxylic acids is 1. The molecule has 4 rings (SSSR count). The zero-order valence-electron chi connectivity index (χ0n) is 15.2. The molecule has 0 fully saturated rings. The summed E-state index contributed by atoms with van der Waals surface area (Å²) in [5.74, 6) is 2.31. The molecule has 1 aromatic carbocycles. The number of anilines is 3. The summed E-state index contributed by atoms with van der Waals surface area (Å²) in [7, 11) is 1.66. The van der Waals surface area contributed by atoms with Crippen LogP contribution in [0.2, 0.25) is 0 Å². The van der Waals surface area contributed by atoms with E-state index in [2.05, 4.69) is 21.4 Å². The highest BCUT2D eigenvalue weighted by Crippen LogP contribution is 2.34. The number of benzene rings is 1. The van der Waals surface area contributed by atoms with E-state index in [-0.39, 0.29) is 5.91 Å². The van der Waals surface area contributed by atoms with Crippen molar-refractivity contribution in [3.8, 4) is 5.75 Å². The predicted octanol–water partition coefficient (Wildman–Crippen LogP) is 3.65. The molecular weight excluding hydrogens is 328 g/mol. The second kappa shape index (κ2) is 6.37. The monoisotopic (exact) mass is 350 g/mol. The van der Waals surface area contributed by atoms with E-state index in [9.17, 15) is 4.79 Å². The Bertz CT molecular complexity index is 939. The highest BCUT2D eigenvalue weighted by atomic mass is 16.5. The van der Waals surface area contributed by atoms with Crippen molar-refractivity contribution in [2.24, 2.45) is 0 Å². The summed E-state index contributed by atoms with van der Waals surface area (Å²) < 4.78 is 7.24. The van der Waals surface area contributed by atoms with Crippen molar-refractivity contribution in [2.45, 2.75) is 26.8 Å². The average molecular weight is 350 g/mol. The highest BCUT2D eigenvalue weighted by molar-refractivity contribution is 6.05. The minimum atomic E-state index is -0.0692. The topological polar surface area (TPSA) is 59.4 Å². The van der Waals surface area contributed by atoms with Gasteiger partial charge in [-0.05, 0) is 38.0 Å². The van der Waals surface area contributed by atoms with Gasteiger partial charge in [-0.15, -0.1) is 0 Å². The number of fused-ring (bicyclic) bond motifs is 1. The fraction of sp³-hybridized carbons (Fsp3) is 0.300. The smallest absolute Gasteiger partial charge is 0.253 e. The largest absolute Gasteiger partial charge is 0.497 e. The van der Waals surface area contributed by atoms with Gasteiger partial charge in [0.05, 0.1) is 13.7 Å². The normalized spacial score (nSPS) is 16.0. The van der Waals surface area contributed by atoms with E-state index in [1.165, 1.54) is 5.57 Å². The molecule has 134 valence electrons. The highest BCUT2D eigenvalue weighted by Gasteiger charge is 2.25. The molecule has 6 nitrogen and oxygen atoms in total. The van der Waals surface area contributed by atoms with Crippen LogP contribution < -0.4 is 15.0 Å². The zero-order valence-corrected chi connectivity index (χ0v) is 15.2. The van der Waals surface area contributed by atoms with Crippen molar-refractivity contribution in [3.63, 3.8) is 0 Å². The van der Waals surface area contributed by atoms with Crippen LogP contribution in [0.5, 0.6) is 5.75 Å². The summed E-state index contributed by atoms with van der Waals surface area (Å²) in [4.78, 5) is 14.7. The number of amides is 1. The van der Waals surface area contributed by atoms with Gasteiger partial charge in [-0.3, -0.25) is 4.79 Å². The van der Waals surface area contributed by atoms with E-state index in [1.807, 2.05) is 48.9 Å². The molecule has 6 heteroatoms. The fourth-order valence-corrected chi connectivity index (χ4v) is 3.58. The first-order chi connectivity index (χ1) is 12.5. The molecule has 0 saturated heterocycles. The van der Waals surface area contributed by atoms with Gasteiger partial charge in [0, 0.05) is 29.9 Å². The lowest BCUT2D eigenvalue weighted by Crippen LogP contribution is -2.16. The molecule has 2 heterocycles. The maximum Gasteiger partial charge on any atom is 0.253 e. The van der Waals surface area contributed by atoms with Crippen molar-refractivity contribution in [3.05, 3.63) is 53.1 Å². The molecule has 0 unspecified atom stereocenters. The third-order valence-electron chi connectivity index (χ3n) is 4.85. The first-order valence-corrected chi connectivity index (χ1v) is 8.73. The van der Waals surface area contributed by atoms with Crippen LogP contribution >= 0.6 is 0 Å². The number of aromatic nitrogens is 2. The van der Waals surface area contributed by atoms with Gasteiger partial charge in [0.25, 0.3) is 5.91 Å². The first kappa shape index (κ1) is 16.4. The summed E-state index contributed by atoms with van der Waals surface area (Å²) in [5, 5.41) is 7.48. The third kappa shape index (κ3) is 2.87. The van der Waals surface area contributed by atoms with E-state index in [4.69, 9.17) is 4.74 Å². The molecule has 0 saturated carbocycles. The molecule has 26 heavy (non-hydrogen) atoms. The maximum atomic E-state index is 12.6. The Morgan fingerprint density at radius 1 is 1.23 bits per heavy atom. The first-order valence-electron chi connectivity index (χ1n) is 8.73. The molecular formula is C20H22N4O2. The lowest BCUT2D eigenvalue weighted by molar-refractivity contribution is -0.113. The lowest BCUT2D eigenvalue weighted by Gasteiger charge is -2.17. The zero-order chi connectivity index (χ0) is 18.3. The Morgan fingerprint density at radius 2 is 2.08 bits per heavy atom. The van der Waals surface area contributed by atoms with Crippen LogP contribution in [-0.4, -0.2) is 29.3 Å². The Kier molecular flexibility index (Phi) is 4.03. The minimum absolute atomic E-state index is 0.0692. The van der Waals surface area contributed by atoms with Crippen molar-refractivity contribution in [1.29, 1.82) is 0 Å². The second-order valence-electron chi connectivity index (χ2n) is 6.75. The van der Waals surface area contributed by atoms with Gasteiger partial charge in [-0.25, -0.2) is 4.68 Å². The van der Waals surface area contributed by atoms with Gasteiger partial charge >= 0.3 is 0 Å². The summed E-state index contributed by atoms with van der Waals surface area (Å²) >= 11 is 0. The quantitative estimate of drug-likeness (QED) is 0.914. The molecule has 0 radical (unpaired) electrons. The summed E-state index contributed by atoms with van der Waals surface area (Å²) in [5.41, 5.74) is 4.12. The van der Waals surface area contributed by atoms with Gasteiger partial charge in [-0.1, -0.05) is 17.7 Å². The van der Waals surface area contributed by atoms with Gasteiger partial charge in [0.15, 0.2) is 5.82 Å². The average Bonchev–Trinajstić information content (AvgIpc) is 3.28. The van der Waals surface area contributed by atoms with E-state index in [0.29, 0.717) is 12.2 Å². The number of allylic oxidation sites excluding steroid dienone is 3. The van der Waals surface area contributed by atoms with Crippen molar-refractivity contribution < 1.29 is 9.53 Å². The Hall–Kier alpha value is -3.02. The van der Waals surface area contributed by atoms with Gasteiger partial charge < -0.3 is 15.0 Å². The molecule has 1 aliphatic carbocycles. The predicted molar refractivity (Wildman–Crippen MR) is 102 cm³/mol. The van der Waals surface area contributed by atoms with Crippen molar-refractivity contribution >= 4 is 23.2 Å².